The first-order valence-electron chi connectivity index (χ1n) is 5.35. The van der Waals surface area contributed by atoms with E-state index in [1.54, 1.807) is 6.92 Å². The number of hydrogen-bond donors (Lipinski definition) is 4. The van der Waals surface area contributed by atoms with Crippen LogP contribution in [0.2, 0.25) is 0 Å². The third-order valence-corrected chi connectivity index (χ3v) is 2.98. The van der Waals surface area contributed by atoms with Crippen LogP contribution in [0.1, 0.15) is 13.8 Å². The van der Waals surface area contributed by atoms with Gasteiger partial charge in [-0.1, -0.05) is 6.92 Å². The molecule has 3 unspecified atom stereocenters. The topological polar surface area (TPSA) is 98.7 Å². The van der Waals surface area contributed by atoms with Crippen molar-refractivity contribution in [1.82, 2.24) is 10.6 Å². The maximum atomic E-state index is 11.7. The number of hydrogen-bond acceptors (Lipinski definition) is 4. The van der Waals surface area contributed by atoms with Crippen molar-refractivity contribution in [2.75, 3.05) is 13.1 Å². The number of rotatable bonds is 5. The quantitative estimate of drug-likeness (QED) is 0.475. The largest absolute Gasteiger partial charge is 0.480 e. The fourth-order valence-corrected chi connectivity index (χ4v) is 1.55. The number of nitrogens with one attached hydrogen (secondary N) is 2. The molecule has 1 heterocycles. The van der Waals surface area contributed by atoms with Gasteiger partial charge in [-0.15, -0.1) is 0 Å². The number of carboxylic acid groups (broad SMARTS) is 1. The van der Waals surface area contributed by atoms with Crippen molar-refractivity contribution in [2.24, 2.45) is 11.8 Å². The highest BCUT2D eigenvalue weighted by atomic mass is 16.4. The highest BCUT2D eigenvalue weighted by Gasteiger charge is 2.32. The maximum Gasteiger partial charge on any atom is 0.328 e. The number of aliphatic hydroxyl groups is 1. The Hall–Kier alpha value is -1.14. The highest BCUT2D eigenvalue weighted by molar-refractivity contribution is 5.85. The van der Waals surface area contributed by atoms with E-state index in [9.17, 15) is 14.7 Å². The van der Waals surface area contributed by atoms with Gasteiger partial charge in [0.1, 0.15) is 0 Å². The lowest BCUT2D eigenvalue weighted by atomic mass is 9.88. The van der Waals surface area contributed by atoms with Gasteiger partial charge in [0.15, 0.2) is 6.04 Å². The Labute approximate surface area is 94.0 Å². The molecule has 0 aromatic rings. The Morgan fingerprint density at radius 2 is 1.94 bits per heavy atom. The van der Waals surface area contributed by atoms with Crippen LogP contribution in [0, 0.1) is 11.8 Å². The summed E-state index contributed by atoms with van der Waals surface area (Å²) in [4.78, 5) is 22.4. The lowest BCUT2D eigenvalue weighted by Crippen LogP contribution is -2.54. The summed E-state index contributed by atoms with van der Waals surface area (Å²) in [5.74, 6) is -1.52. The molecule has 0 aliphatic carbocycles. The second-order valence-electron chi connectivity index (χ2n) is 4.27. The Morgan fingerprint density at radius 1 is 1.38 bits per heavy atom. The van der Waals surface area contributed by atoms with Crippen molar-refractivity contribution in [1.29, 1.82) is 0 Å². The van der Waals surface area contributed by atoms with E-state index in [1.807, 2.05) is 0 Å². The van der Waals surface area contributed by atoms with E-state index in [4.69, 9.17) is 5.11 Å². The summed E-state index contributed by atoms with van der Waals surface area (Å²) in [6.45, 7) is 4.67. The van der Waals surface area contributed by atoms with E-state index in [0.29, 0.717) is 0 Å². The number of aliphatic carboxylic acids is 1. The molecule has 0 aromatic heterocycles. The van der Waals surface area contributed by atoms with Crippen LogP contribution in [0.4, 0.5) is 0 Å². The predicted octanol–water partition coefficient (Wildman–Crippen LogP) is -1.21. The molecule has 1 aliphatic heterocycles. The second-order valence-corrected chi connectivity index (χ2v) is 4.27. The van der Waals surface area contributed by atoms with Crippen molar-refractivity contribution in [3.63, 3.8) is 0 Å². The number of carboxylic acids is 1. The first-order chi connectivity index (χ1) is 7.43. The lowest BCUT2D eigenvalue weighted by molar-refractivity contribution is -0.145. The normalized spacial score (nSPS) is 21.7. The summed E-state index contributed by atoms with van der Waals surface area (Å²) in [5.41, 5.74) is 0. The zero-order chi connectivity index (χ0) is 12.3. The van der Waals surface area contributed by atoms with Crippen LogP contribution in [0.15, 0.2) is 0 Å². The summed E-state index contributed by atoms with van der Waals surface area (Å²) >= 11 is 0. The molecule has 4 N–H and O–H groups in total. The molecule has 1 amide bonds. The first-order valence-corrected chi connectivity index (χ1v) is 5.35. The molecule has 0 radical (unpaired) electrons. The summed E-state index contributed by atoms with van der Waals surface area (Å²) in [5, 5.41) is 23.4. The van der Waals surface area contributed by atoms with Crippen molar-refractivity contribution >= 4 is 11.9 Å². The number of amides is 1. The summed E-state index contributed by atoms with van der Waals surface area (Å²) in [6, 6.07) is -1.23. The van der Waals surface area contributed by atoms with E-state index < -0.39 is 18.1 Å². The predicted molar refractivity (Wildman–Crippen MR) is 56.8 cm³/mol. The van der Waals surface area contributed by atoms with Crippen LogP contribution in [0.3, 0.4) is 0 Å². The molecule has 0 aromatic carbocycles. The van der Waals surface area contributed by atoms with Crippen LogP contribution in [0.25, 0.3) is 0 Å². The minimum Gasteiger partial charge on any atom is -0.480 e. The van der Waals surface area contributed by atoms with Gasteiger partial charge in [-0.05, 0) is 25.9 Å². The molecule has 1 saturated heterocycles. The molecule has 1 rings (SSSR count). The molecule has 6 nitrogen and oxygen atoms in total. The van der Waals surface area contributed by atoms with Crippen LogP contribution in [-0.2, 0) is 9.59 Å². The molecule has 92 valence electrons. The Kier molecular flexibility index (Phi) is 4.26. The molecular formula is C10H18N2O4. The fraction of sp³-hybridized carbons (Fsp3) is 0.800. The van der Waals surface area contributed by atoms with Crippen LogP contribution in [-0.4, -0.2) is 47.3 Å². The number of carbonyl (C=O) groups is 2. The van der Waals surface area contributed by atoms with E-state index in [0.717, 1.165) is 13.1 Å². The van der Waals surface area contributed by atoms with Gasteiger partial charge in [-0.2, -0.15) is 0 Å². The number of carbonyl (C=O) groups excluding carboxylic acids is 1. The molecule has 16 heavy (non-hydrogen) atoms. The summed E-state index contributed by atoms with van der Waals surface area (Å²) in [7, 11) is 0. The minimum atomic E-state index is -1.23. The van der Waals surface area contributed by atoms with Crippen LogP contribution >= 0.6 is 0 Å². The Bertz CT molecular complexity index is 276. The summed E-state index contributed by atoms with van der Waals surface area (Å²) < 4.78 is 0. The molecule has 0 spiro atoms. The zero-order valence-corrected chi connectivity index (χ0v) is 9.43. The van der Waals surface area contributed by atoms with Crippen molar-refractivity contribution < 1.29 is 19.8 Å². The SMILES string of the molecule is CC(O)C(NC(=O)C(C)C1CNC1)C(=O)O. The molecule has 1 fully saturated rings. The van der Waals surface area contributed by atoms with Gasteiger partial charge in [-0.3, -0.25) is 4.79 Å². The monoisotopic (exact) mass is 230 g/mol. The third kappa shape index (κ3) is 2.93. The van der Waals surface area contributed by atoms with Crippen LogP contribution < -0.4 is 10.6 Å². The van der Waals surface area contributed by atoms with Crippen molar-refractivity contribution in [2.45, 2.75) is 26.0 Å². The molecular weight excluding hydrogens is 212 g/mol. The zero-order valence-electron chi connectivity index (χ0n) is 9.43. The van der Waals surface area contributed by atoms with Gasteiger partial charge in [0, 0.05) is 5.92 Å². The second kappa shape index (κ2) is 5.27. The Balaban J connectivity index is 2.50. The smallest absolute Gasteiger partial charge is 0.328 e. The van der Waals surface area contributed by atoms with E-state index >= 15 is 0 Å². The van der Waals surface area contributed by atoms with Crippen molar-refractivity contribution in [3.05, 3.63) is 0 Å². The first kappa shape index (κ1) is 12.9. The minimum absolute atomic E-state index is 0.234. The lowest BCUT2D eigenvalue weighted by Gasteiger charge is -2.32. The highest BCUT2D eigenvalue weighted by Crippen LogP contribution is 2.16. The van der Waals surface area contributed by atoms with Gasteiger partial charge in [0.2, 0.25) is 5.91 Å². The molecule has 1 aliphatic rings. The Morgan fingerprint density at radius 3 is 2.25 bits per heavy atom. The van der Waals surface area contributed by atoms with E-state index in [1.165, 1.54) is 6.92 Å². The van der Waals surface area contributed by atoms with Gasteiger partial charge >= 0.3 is 5.97 Å². The average molecular weight is 230 g/mol. The number of aliphatic hydroxyl groups excluding tert-OH is 1. The van der Waals surface area contributed by atoms with E-state index in [-0.39, 0.29) is 17.7 Å². The molecule has 3 atom stereocenters. The van der Waals surface area contributed by atoms with Gasteiger partial charge in [0.05, 0.1) is 6.10 Å². The van der Waals surface area contributed by atoms with E-state index in [2.05, 4.69) is 10.6 Å². The third-order valence-electron chi connectivity index (χ3n) is 2.98. The van der Waals surface area contributed by atoms with Gasteiger partial charge in [-0.25, -0.2) is 4.79 Å². The molecule has 6 heteroatoms. The van der Waals surface area contributed by atoms with Crippen molar-refractivity contribution in [3.8, 4) is 0 Å². The van der Waals surface area contributed by atoms with Gasteiger partial charge < -0.3 is 20.8 Å². The maximum absolute atomic E-state index is 11.7. The summed E-state index contributed by atoms with van der Waals surface area (Å²) in [6.07, 6.45) is -1.10. The van der Waals surface area contributed by atoms with Crippen LogP contribution in [0.5, 0.6) is 0 Å². The standard InChI is InChI=1S/C10H18N2O4/c1-5(7-3-11-4-7)9(14)12-8(6(2)13)10(15)16/h5-8,11,13H,3-4H2,1-2H3,(H,12,14)(H,15,16). The average Bonchev–Trinajstić information content (AvgIpc) is 2.09. The molecule has 0 bridgehead atoms. The van der Waals surface area contributed by atoms with Gasteiger partial charge in [0.25, 0.3) is 0 Å². The fourth-order valence-electron chi connectivity index (χ4n) is 1.55. The molecule has 0 saturated carbocycles.